The molecule has 1 heterocycles. The number of benzene rings is 2. The average molecular weight is 250 g/mol. The van der Waals surface area contributed by atoms with Crippen LogP contribution in [0, 0.1) is 0 Å². The van der Waals surface area contributed by atoms with Crippen LogP contribution >= 0.6 is 0 Å². The molecule has 0 saturated carbocycles. The number of aromatic nitrogens is 2. The number of nitrogens with zero attached hydrogens (tertiary/aromatic N) is 1. The zero-order valence-corrected chi connectivity index (χ0v) is 10.4. The molecule has 2 aromatic carbocycles. The van der Waals surface area contributed by atoms with Crippen molar-refractivity contribution < 1.29 is 5.11 Å². The molecule has 0 unspecified atom stereocenters. The van der Waals surface area contributed by atoms with E-state index in [1.54, 1.807) is 12.5 Å². The van der Waals surface area contributed by atoms with Crippen LogP contribution < -0.4 is 0 Å². The quantitative estimate of drug-likeness (QED) is 0.697. The van der Waals surface area contributed by atoms with Gasteiger partial charge < -0.3 is 10.1 Å². The molecule has 1 aliphatic carbocycles. The molecule has 0 saturated heterocycles. The van der Waals surface area contributed by atoms with Crippen molar-refractivity contribution in [3.05, 3.63) is 65.7 Å². The minimum atomic E-state index is -0.954. The number of aryl methyl sites for hydroxylation is 1. The predicted octanol–water partition coefficient (Wildman–Crippen LogP) is 2.75. The molecule has 4 rings (SSSR count). The Morgan fingerprint density at radius 1 is 1.16 bits per heavy atom. The first-order chi connectivity index (χ1) is 9.29. The number of aliphatic hydroxyl groups is 1. The van der Waals surface area contributed by atoms with Gasteiger partial charge in [0.2, 0.25) is 0 Å². The zero-order valence-electron chi connectivity index (χ0n) is 10.4. The molecule has 0 spiro atoms. The Morgan fingerprint density at radius 3 is 2.79 bits per heavy atom. The monoisotopic (exact) mass is 250 g/mol. The topological polar surface area (TPSA) is 48.9 Å². The number of hydrogen-bond acceptors (Lipinski definition) is 2. The predicted molar refractivity (Wildman–Crippen MR) is 73.9 cm³/mol. The van der Waals surface area contributed by atoms with E-state index in [-0.39, 0.29) is 0 Å². The number of hydrogen-bond donors (Lipinski definition) is 2. The van der Waals surface area contributed by atoms with E-state index in [0.717, 1.165) is 17.7 Å². The third kappa shape index (κ3) is 1.39. The third-order valence-electron chi connectivity index (χ3n) is 4.14. The first-order valence-corrected chi connectivity index (χ1v) is 6.51. The molecule has 3 aromatic rings. The van der Waals surface area contributed by atoms with Gasteiger partial charge in [-0.1, -0.05) is 36.4 Å². The SMILES string of the molecule is O[C@@]1(c2cnc[nH]2)CCc2cccc3cccc1c23. The van der Waals surface area contributed by atoms with Gasteiger partial charge in [0, 0.05) is 0 Å². The standard InChI is InChI=1S/C16H14N2O/c19-16(14-9-17-10-18-14)8-7-12-4-1-3-11-5-2-6-13(16)15(11)12/h1-6,9-10,19H,7-8H2,(H,17,18)/t16-/m0/s1. The van der Waals surface area contributed by atoms with Gasteiger partial charge in [-0.25, -0.2) is 4.98 Å². The van der Waals surface area contributed by atoms with Gasteiger partial charge in [-0.3, -0.25) is 0 Å². The van der Waals surface area contributed by atoms with E-state index >= 15 is 0 Å². The molecule has 0 radical (unpaired) electrons. The Morgan fingerprint density at radius 2 is 2.00 bits per heavy atom. The van der Waals surface area contributed by atoms with E-state index in [4.69, 9.17) is 0 Å². The van der Waals surface area contributed by atoms with Gasteiger partial charge in [0.1, 0.15) is 5.60 Å². The fourth-order valence-electron chi connectivity index (χ4n) is 3.18. The lowest BCUT2D eigenvalue weighted by molar-refractivity contribution is 0.0662. The van der Waals surface area contributed by atoms with Gasteiger partial charge in [-0.05, 0) is 34.7 Å². The lowest BCUT2D eigenvalue weighted by atomic mass is 9.76. The highest BCUT2D eigenvalue weighted by molar-refractivity contribution is 5.90. The molecule has 1 aromatic heterocycles. The second kappa shape index (κ2) is 3.68. The van der Waals surface area contributed by atoms with Crippen LogP contribution in [0.4, 0.5) is 0 Å². The molecular weight excluding hydrogens is 236 g/mol. The zero-order chi connectivity index (χ0) is 12.9. The second-order valence-corrected chi connectivity index (χ2v) is 5.15. The number of aromatic amines is 1. The molecule has 94 valence electrons. The van der Waals surface area contributed by atoms with Gasteiger partial charge in [-0.15, -0.1) is 0 Å². The molecular formula is C16H14N2O. The molecule has 1 aliphatic rings. The third-order valence-corrected chi connectivity index (χ3v) is 4.14. The Kier molecular flexibility index (Phi) is 2.09. The van der Waals surface area contributed by atoms with Crippen LogP contribution in [0.25, 0.3) is 10.8 Å². The summed E-state index contributed by atoms with van der Waals surface area (Å²) >= 11 is 0. The first kappa shape index (κ1) is 10.8. The summed E-state index contributed by atoms with van der Waals surface area (Å²) < 4.78 is 0. The maximum atomic E-state index is 11.1. The normalized spacial score (nSPS) is 21.7. The van der Waals surface area contributed by atoms with Gasteiger partial charge in [0.15, 0.2) is 0 Å². The van der Waals surface area contributed by atoms with Crippen LogP contribution in [0.2, 0.25) is 0 Å². The largest absolute Gasteiger partial charge is 0.379 e. The summed E-state index contributed by atoms with van der Waals surface area (Å²) in [5.74, 6) is 0. The summed E-state index contributed by atoms with van der Waals surface area (Å²) in [6.07, 6.45) is 4.90. The fourth-order valence-corrected chi connectivity index (χ4v) is 3.18. The van der Waals surface area contributed by atoms with Crippen LogP contribution in [0.15, 0.2) is 48.9 Å². The van der Waals surface area contributed by atoms with E-state index in [1.807, 2.05) is 12.1 Å². The average Bonchev–Trinajstić information content (AvgIpc) is 2.98. The number of rotatable bonds is 1. The van der Waals surface area contributed by atoms with Crippen molar-refractivity contribution in [3.8, 4) is 0 Å². The van der Waals surface area contributed by atoms with E-state index in [2.05, 4.69) is 34.2 Å². The van der Waals surface area contributed by atoms with Crippen molar-refractivity contribution in [2.45, 2.75) is 18.4 Å². The van der Waals surface area contributed by atoms with E-state index in [0.29, 0.717) is 6.42 Å². The smallest absolute Gasteiger partial charge is 0.132 e. The Balaban J connectivity index is 2.08. The number of H-pyrrole nitrogens is 1. The number of imidazole rings is 1. The van der Waals surface area contributed by atoms with E-state index < -0.39 is 5.60 Å². The summed E-state index contributed by atoms with van der Waals surface area (Å²) in [6.45, 7) is 0. The minimum absolute atomic E-state index is 0.686. The van der Waals surface area contributed by atoms with Crippen LogP contribution in [0.5, 0.6) is 0 Å². The van der Waals surface area contributed by atoms with Crippen LogP contribution in [-0.2, 0) is 12.0 Å². The van der Waals surface area contributed by atoms with Gasteiger partial charge in [0.05, 0.1) is 18.2 Å². The van der Waals surface area contributed by atoms with Crippen molar-refractivity contribution in [2.24, 2.45) is 0 Å². The summed E-state index contributed by atoms with van der Waals surface area (Å²) in [6, 6.07) is 12.5. The Labute approximate surface area is 110 Å². The highest BCUT2D eigenvalue weighted by Crippen LogP contribution is 2.42. The molecule has 0 aliphatic heterocycles. The number of nitrogens with one attached hydrogen (secondary N) is 1. The van der Waals surface area contributed by atoms with Crippen LogP contribution in [0.3, 0.4) is 0 Å². The first-order valence-electron chi connectivity index (χ1n) is 6.51. The van der Waals surface area contributed by atoms with Gasteiger partial charge in [0.25, 0.3) is 0 Å². The molecule has 3 heteroatoms. The van der Waals surface area contributed by atoms with Gasteiger partial charge >= 0.3 is 0 Å². The van der Waals surface area contributed by atoms with Crippen molar-refractivity contribution >= 4 is 10.8 Å². The molecule has 0 bridgehead atoms. The lowest BCUT2D eigenvalue weighted by Crippen LogP contribution is -2.31. The maximum Gasteiger partial charge on any atom is 0.132 e. The highest BCUT2D eigenvalue weighted by Gasteiger charge is 2.37. The van der Waals surface area contributed by atoms with Gasteiger partial charge in [-0.2, -0.15) is 0 Å². The Hall–Kier alpha value is -2.13. The summed E-state index contributed by atoms with van der Waals surface area (Å²) in [5, 5.41) is 13.5. The van der Waals surface area contributed by atoms with E-state index in [1.165, 1.54) is 16.3 Å². The summed E-state index contributed by atoms with van der Waals surface area (Å²) in [7, 11) is 0. The fraction of sp³-hybridized carbons (Fsp3) is 0.188. The molecule has 0 amide bonds. The minimum Gasteiger partial charge on any atom is -0.379 e. The molecule has 2 N–H and O–H groups in total. The Bertz CT molecular complexity index is 743. The lowest BCUT2D eigenvalue weighted by Gasteiger charge is -2.33. The molecule has 0 fully saturated rings. The maximum absolute atomic E-state index is 11.1. The summed E-state index contributed by atoms with van der Waals surface area (Å²) in [4.78, 5) is 7.11. The van der Waals surface area contributed by atoms with Crippen LogP contribution in [0.1, 0.15) is 23.2 Å². The summed E-state index contributed by atoms with van der Waals surface area (Å²) in [5.41, 5.74) is 2.12. The molecule has 3 nitrogen and oxygen atoms in total. The van der Waals surface area contributed by atoms with Crippen molar-refractivity contribution in [2.75, 3.05) is 0 Å². The van der Waals surface area contributed by atoms with Crippen LogP contribution in [-0.4, -0.2) is 15.1 Å². The van der Waals surface area contributed by atoms with E-state index in [9.17, 15) is 5.11 Å². The van der Waals surface area contributed by atoms with Crippen molar-refractivity contribution in [1.29, 1.82) is 0 Å². The second-order valence-electron chi connectivity index (χ2n) is 5.15. The van der Waals surface area contributed by atoms with Crippen molar-refractivity contribution in [3.63, 3.8) is 0 Å². The molecule has 19 heavy (non-hydrogen) atoms. The highest BCUT2D eigenvalue weighted by atomic mass is 16.3. The molecule has 1 atom stereocenters. The van der Waals surface area contributed by atoms with Crippen molar-refractivity contribution in [1.82, 2.24) is 9.97 Å².